The van der Waals surface area contributed by atoms with Crippen LogP contribution in [0.25, 0.3) is 0 Å². The minimum absolute atomic E-state index is 0.366. The minimum atomic E-state index is -0.366. The summed E-state index contributed by atoms with van der Waals surface area (Å²) in [7, 11) is 2.99. The summed E-state index contributed by atoms with van der Waals surface area (Å²) in [5.74, 6) is 0.459. The van der Waals surface area contributed by atoms with E-state index in [-0.39, 0.29) is 5.97 Å². The van der Waals surface area contributed by atoms with Crippen LogP contribution in [0, 0.1) is 0 Å². The van der Waals surface area contributed by atoms with E-state index in [1.54, 1.807) is 7.11 Å². The second-order valence-electron chi connectivity index (χ2n) is 3.72. The molecule has 6 heteroatoms. The average molecular weight is 278 g/mol. The van der Waals surface area contributed by atoms with E-state index in [2.05, 4.69) is 15.0 Å². The third-order valence-corrected chi connectivity index (χ3v) is 3.43. The van der Waals surface area contributed by atoms with Crippen LogP contribution in [0.3, 0.4) is 0 Å². The molecule has 0 unspecified atom stereocenters. The first kappa shape index (κ1) is 13.4. The van der Waals surface area contributed by atoms with Crippen LogP contribution in [0.4, 0.5) is 5.13 Å². The molecular formula is C13H14N2O3S. The van der Waals surface area contributed by atoms with E-state index in [4.69, 9.17) is 4.74 Å². The first-order valence-electron chi connectivity index (χ1n) is 5.64. The van der Waals surface area contributed by atoms with Gasteiger partial charge in [0.15, 0.2) is 5.13 Å². The molecule has 100 valence electrons. The Morgan fingerprint density at radius 3 is 2.68 bits per heavy atom. The van der Waals surface area contributed by atoms with Gasteiger partial charge in [-0.3, -0.25) is 0 Å². The van der Waals surface area contributed by atoms with E-state index in [0.717, 1.165) is 11.3 Å². The molecule has 0 aliphatic rings. The zero-order chi connectivity index (χ0) is 13.7. The van der Waals surface area contributed by atoms with Gasteiger partial charge >= 0.3 is 5.97 Å². The monoisotopic (exact) mass is 278 g/mol. The normalized spacial score (nSPS) is 10.0. The number of nitrogens with zero attached hydrogens (tertiary/aromatic N) is 1. The van der Waals surface area contributed by atoms with E-state index in [1.807, 2.05) is 24.3 Å². The van der Waals surface area contributed by atoms with Crippen molar-refractivity contribution in [2.24, 2.45) is 0 Å². The zero-order valence-electron chi connectivity index (χ0n) is 10.7. The molecule has 0 aliphatic carbocycles. The van der Waals surface area contributed by atoms with Gasteiger partial charge in [0.25, 0.3) is 0 Å². The standard InChI is InChI=1S/C13H14N2O3S/c1-17-10-5-3-9(4-6-10)7-14-13-15-8-11(19-13)12(16)18-2/h3-6,8H,7H2,1-2H3,(H,14,15). The molecule has 0 spiro atoms. The lowest BCUT2D eigenvalue weighted by molar-refractivity contribution is 0.0606. The molecule has 0 bridgehead atoms. The topological polar surface area (TPSA) is 60.5 Å². The van der Waals surface area contributed by atoms with Crippen LogP contribution < -0.4 is 10.1 Å². The predicted octanol–water partition coefficient (Wildman–Crippen LogP) is 2.55. The number of thiazole rings is 1. The molecule has 0 saturated carbocycles. The Labute approximate surface area is 115 Å². The van der Waals surface area contributed by atoms with Gasteiger partial charge in [0.2, 0.25) is 0 Å². The molecule has 0 amide bonds. The third-order valence-electron chi connectivity index (χ3n) is 2.50. The lowest BCUT2D eigenvalue weighted by Crippen LogP contribution is -1.98. The van der Waals surface area contributed by atoms with Crippen molar-refractivity contribution in [2.75, 3.05) is 19.5 Å². The van der Waals surface area contributed by atoms with Crippen molar-refractivity contribution in [1.29, 1.82) is 0 Å². The smallest absolute Gasteiger partial charge is 0.349 e. The van der Waals surface area contributed by atoms with E-state index in [9.17, 15) is 4.79 Å². The van der Waals surface area contributed by atoms with Crippen LogP contribution in [-0.2, 0) is 11.3 Å². The van der Waals surface area contributed by atoms with Crippen molar-refractivity contribution >= 4 is 22.4 Å². The molecule has 1 aromatic heterocycles. The van der Waals surface area contributed by atoms with Crippen LogP contribution in [0.2, 0.25) is 0 Å². The number of anilines is 1. The highest BCUT2D eigenvalue weighted by molar-refractivity contribution is 7.17. The number of rotatable bonds is 5. The predicted molar refractivity (Wildman–Crippen MR) is 73.8 cm³/mol. The number of nitrogens with one attached hydrogen (secondary N) is 1. The maximum atomic E-state index is 11.3. The first-order valence-corrected chi connectivity index (χ1v) is 6.45. The molecule has 1 heterocycles. The van der Waals surface area contributed by atoms with Crippen LogP contribution in [0.15, 0.2) is 30.5 Å². The fraction of sp³-hybridized carbons (Fsp3) is 0.231. The molecule has 2 rings (SSSR count). The number of carbonyl (C=O) groups is 1. The summed E-state index contributed by atoms with van der Waals surface area (Å²) in [4.78, 5) is 15.9. The van der Waals surface area contributed by atoms with Crippen molar-refractivity contribution in [3.8, 4) is 5.75 Å². The molecule has 2 aromatic rings. The summed E-state index contributed by atoms with van der Waals surface area (Å²) in [5.41, 5.74) is 1.11. The van der Waals surface area contributed by atoms with Crippen LogP contribution in [0.1, 0.15) is 15.2 Å². The van der Waals surface area contributed by atoms with Crippen molar-refractivity contribution in [2.45, 2.75) is 6.54 Å². The highest BCUT2D eigenvalue weighted by Crippen LogP contribution is 2.20. The SMILES string of the molecule is COC(=O)c1cnc(NCc2ccc(OC)cc2)s1. The van der Waals surface area contributed by atoms with Gasteiger partial charge in [0, 0.05) is 6.54 Å². The van der Waals surface area contributed by atoms with Crippen LogP contribution in [-0.4, -0.2) is 25.2 Å². The Hall–Kier alpha value is -2.08. The van der Waals surface area contributed by atoms with E-state index in [1.165, 1.54) is 24.6 Å². The van der Waals surface area contributed by atoms with Gasteiger partial charge in [-0.2, -0.15) is 0 Å². The summed E-state index contributed by atoms with van der Waals surface area (Å²) in [6, 6.07) is 7.75. The van der Waals surface area contributed by atoms with Crippen molar-refractivity contribution in [1.82, 2.24) is 4.98 Å². The quantitative estimate of drug-likeness (QED) is 0.852. The van der Waals surface area contributed by atoms with Crippen LogP contribution >= 0.6 is 11.3 Å². The molecule has 0 atom stereocenters. The summed E-state index contributed by atoms with van der Waals surface area (Å²) >= 11 is 1.27. The molecule has 0 fully saturated rings. The second kappa shape index (κ2) is 6.19. The highest BCUT2D eigenvalue weighted by atomic mass is 32.1. The zero-order valence-corrected chi connectivity index (χ0v) is 11.5. The van der Waals surface area contributed by atoms with Gasteiger partial charge in [-0.05, 0) is 17.7 Å². The number of carbonyl (C=O) groups excluding carboxylic acids is 1. The Kier molecular flexibility index (Phi) is 4.35. The summed E-state index contributed by atoms with van der Waals surface area (Å²) in [5, 5.41) is 3.85. The number of esters is 1. The minimum Gasteiger partial charge on any atom is -0.497 e. The lowest BCUT2D eigenvalue weighted by atomic mass is 10.2. The van der Waals surface area contributed by atoms with Gasteiger partial charge in [0.1, 0.15) is 10.6 Å². The molecule has 5 nitrogen and oxygen atoms in total. The molecule has 0 aliphatic heterocycles. The number of hydrogen-bond donors (Lipinski definition) is 1. The first-order chi connectivity index (χ1) is 9.22. The van der Waals surface area contributed by atoms with E-state index in [0.29, 0.717) is 16.6 Å². The third kappa shape index (κ3) is 3.45. The summed E-state index contributed by atoms with van der Waals surface area (Å²) in [6.45, 7) is 0.637. The van der Waals surface area contributed by atoms with Gasteiger partial charge in [-0.1, -0.05) is 23.5 Å². The largest absolute Gasteiger partial charge is 0.497 e. The number of ether oxygens (including phenoxy) is 2. The van der Waals surface area contributed by atoms with Gasteiger partial charge in [-0.15, -0.1) is 0 Å². The molecule has 1 aromatic carbocycles. The number of benzene rings is 1. The summed E-state index contributed by atoms with van der Waals surface area (Å²) in [6.07, 6.45) is 1.51. The van der Waals surface area contributed by atoms with Gasteiger partial charge in [0.05, 0.1) is 20.4 Å². The van der Waals surface area contributed by atoms with Crippen molar-refractivity contribution in [3.63, 3.8) is 0 Å². The van der Waals surface area contributed by atoms with Crippen molar-refractivity contribution in [3.05, 3.63) is 40.9 Å². The van der Waals surface area contributed by atoms with Crippen molar-refractivity contribution < 1.29 is 14.3 Å². The molecular weight excluding hydrogens is 264 g/mol. The fourth-order valence-electron chi connectivity index (χ4n) is 1.47. The Morgan fingerprint density at radius 1 is 1.32 bits per heavy atom. The molecule has 19 heavy (non-hydrogen) atoms. The highest BCUT2D eigenvalue weighted by Gasteiger charge is 2.09. The molecule has 1 N–H and O–H groups in total. The van der Waals surface area contributed by atoms with Crippen LogP contribution in [0.5, 0.6) is 5.75 Å². The maximum Gasteiger partial charge on any atom is 0.349 e. The second-order valence-corrected chi connectivity index (χ2v) is 4.75. The number of methoxy groups -OCH3 is 2. The maximum absolute atomic E-state index is 11.3. The van der Waals surface area contributed by atoms with Gasteiger partial charge < -0.3 is 14.8 Å². The fourth-order valence-corrected chi connectivity index (χ4v) is 2.20. The lowest BCUT2D eigenvalue weighted by Gasteiger charge is -2.04. The molecule has 0 radical (unpaired) electrons. The summed E-state index contributed by atoms with van der Waals surface area (Å²) < 4.78 is 9.72. The van der Waals surface area contributed by atoms with E-state index >= 15 is 0 Å². The Bertz CT molecular complexity index is 551. The van der Waals surface area contributed by atoms with E-state index < -0.39 is 0 Å². The number of aromatic nitrogens is 1. The average Bonchev–Trinajstić information content (AvgIpc) is 2.93. The Morgan fingerprint density at radius 2 is 2.05 bits per heavy atom. The van der Waals surface area contributed by atoms with Gasteiger partial charge in [-0.25, -0.2) is 9.78 Å². The molecule has 0 saturated heterocycles. The number of hydrogen-bond acceptors (Lipinski definition) is 6. The Balaban J connectivity index is 1.94.